The van der Waals surface area contributed by atoms with Crippen molar-refractivity contribution in [2.45, 2.75) is 51.5 Å². The maximum atomic E-state index is 6.31. The van der Waals surface area contributed by atoms with E-state index in [1.807, 2.05) is 0 Å². The highest BCUT2D eigenvalue weighted by atomic mass is 15.3. The third kappa shape index (κ3) is 2.05. The Morgan fingerprint density at radius 1 is 1.05 bits per heavy atom. The van der Waals surface area contributed by atoms with Crippen molar-refractivity contribution in [1.82, 2.24) is 9.80 Å². The molecular formula is C16H31N3. The highest BCUT2D eigenvalue weighted by molar-refractivity contribution is 5.09. The molecule has 0 aliphatic carbocycles. The van der Waals surface area contributed by atoms with Gasteiger partial charge in [0.1, 0.15) is 0 Å². The van der Waals surface area contributed by atoms with Gasteiger partial charge in [0, 0.05) is 25.2 Å². The SMILES string of the molecule is CCC1(CC)CCN(C2(CN)CN3CCC2CC3)C1. The van der Waals surface area contributed by atoms with E-state index in [-0.39, 0.29) is 0 Å². The highest BCUT2D eigenvalue weighted by Gasteiger charge is 2.52. The lowest BCUT2D eigenvalue weighted by Gasteiger charge is -2.57. The first kappa shape index (κ1) is 13.8. The van der Waals surface area contributed by atoms with E-state index in [0.29, 0.717) is 11.0 Å². The lowest BCUT2D eigenvalue weighted by molar-refractivity contribution is -0.0618. The van der Waals surface area contributed by atoms with E-state index in [9.17, 15) is 0 Å². The van der Waals surface area contributed by atoms with Gasteiger partial charge in [0.25, 0.3) is 0 Å². The Bertz CT molecular complexity index is 318. The van der Waals surface area contributed by atoms with Crippen LogP contribution in [-0.4, -0.2) is 54.6 Å². The van der Waals surface area contributed by atoms with Gasteiger partial charge >= 0.3 is 0 Å². The molecule has 0 amide bonds. The van der Waals surface area contributed by atoms with Crippen LogP contribution in [0.3, 0.4) is 0 Å². The van der Waals surface area contributed by atoms with Crippen molar-refractivity contribution in [2.75, 3.05) is 39.3 Å². The van der Waals surface area contributed by atoms with Gasteiger partial charge in [0.2, 0.25) is 0 Å². The van der Waals surface area contributed by atoms with Crippen LogP contribution in [0.15, 0.2) is 0 Å². The number of rotatable bonds is 4. The Labute approximate surface area is 118 Å². The number of fused-ring (bicyclic) bond motifs is 3. The van der Waals surface area contributed by atoms with Gasteiger partial charge < -0.3 is 10.6 Å². The van der Waals surface area contributed by atoms with Gasteiger partial charge in [-0.25, -0.2) is 0 Å². The van der Waals surface area contributed by atoms with Crippen molar-refractivity contribution in [1.29, 1.82) is 0 Å². The van der Waals surface area contributed by atoms with E-state index in [1.54, 1.807) is 0 Å². The average Bonchev–Trinajstić information content (AvgIpc) is 2.94. The number of hydrogen-bond acceptors (Lipinski definition) is 3. The van der Waals surface area contributed by atoms with Crippen molar-refractivity contribution in [3.05, 3.63) is 0 Å². The molecule has 4 saturated heterocycles. The molecule has 0 saturated carbocycles. The molecule has 4 heterocycles. The smallest absolute Gasteiger partial charge is 0.0487 e. The van der Waals surface area contributed by atoms with Gasteiger partial charge in [-0.2, -0.15) is 0 Å². The molecule has 19 heavy (non-hydrogen) atoms. The second-order valence-corrected chi connectivity index (χ2v) is 7.24. The Kier molecular flexibility index (Phi) is 3.65. The Hall–Kier alpha value is -0.120. The van der Waals surface area contributed by atoms with E-state index < -0.39 is 0 Å². The van der Waals surface area contributed by atoms with Gasteiger partial charge in [0.15, 0.2) is 0 Å². The van der Waals surface area contributed by atoms with Crippen LogP contribution >= 0.6 is 0 Å². The number of likely N-dealkylation sites (tertiary alicyclic amines) is 1. The molecule has 2 bridgehead atoms. The number of nitrogens with two attached hydrogens (primary N) is 1. The van der Waals surface area contributed by atoms with Crippen molar-refractivity contribution >= 4 is 0 Å². The molecule has 0 radical (unpaired) electrons. The van der Waals surface area contributed by atoms with Gasteiger partial charge in [0.05, 0.1) is 0 Å². The van der Waals surface area contributed by atoms with Crippen molar-refractivity contribution < 1.29 is 0 Å². The molecule has 4 aliphatic heterocycles. The molecule has 4 rings (SSSR count). The summed E-state index contributed by atoms with van der Waals surface area (Å²) in [4.78, 5) is 5.46. The van der Waals surface area contributed by atoms with Crippen LogP contribution in [-0.2, 0) is 0 Å². The summed E-state index contributed by atoms with van der Waals surface area (Å²) in [5.74, 6) is 0.854. The van der Waals surface area contributed by atoms with Crippen molar-refractivity contribution in [2.24, 2.45) is 17.1 Å². The topological polar surface area (TPSA) is 32.5 Å². The molecule has 0 aromatic rings. The summed E-state index contributed by atoms with van der Waals surface area (Å²) in [6, 6.07) is 0. The summed E-state index contributed by atoms with van der Waals surface area (Å²) in [7, 11) is 0. The molecule has 110 valence electrons. The summed E-state index contributed by atoms with van der Waals surface area (Å²) >= 11 is 0. The maximum absolute atomic E-state index is 6.31. The zero-order valence-electron chi connectivity index (χ0n) is 12.8. The molecule has 2 N–H and O–H groups in total. The third-order valence-corrected chi connectivity index (χ3v) is 6.77. The van der Waals surface area contributed by atoms with Crippen LogP contribution in [0.4, 0.5) is 0 Å². The molecular weight excluding hydrogens is 234 g/mol. The van der Waals surface area contributed by atoms with E-state index >= 15 is 0 Å². The van der Waals surface area contributed by atoms with Crippen LogP contribution in [0.2, 0.25) is 0 Å². The van der Waals surface area contributed by atoms with E-state index in [2.05, 4.69) is 23.6 Å². The number of nitrogens with zero attached hydrogens (tertiary/aromatic N) is 2. The molecule has 1 atom stereocenters. The molecule has 3 heteroatoms. The van der Waals surface area contributed by atoms with Crippen molar-refractivity contribution in [3.8, 4) is 0 Å². The maximum Gasteiger partial charge on any atom is 0.0487 e. The Morgan fingerprint density at radius 2 is 1.74 bits per heavy atom. The first-order chi connectivity index (χ1) is 9.18. The number of piperidine rings is 3. The Balaban J connectivity index is 1.80. The lowest BCUT2D eigenvalue weighted by Crippen LogP contribution is -2.69. The fraction of sp³-hybridized carbons (Fsp3) is 1.00. The fourth-order valence-corrected chi connectivity index (χ4v) is 5.01. The predicted molar refractivity (Wildman–Crippen MR) is 80.2 cm³/mol. The molecule has 1 unspecified atom stereocenters. The minimum atomic E-state index is 0.308. The molecule has 4 fully saturated rings. The summed E-state index contributed by atoms with van der Waals surface area (Å²) in [6.45, 7) is 12.0. The van der Waals surface area contributed by atoms with E-state index in [4.69, 9.17) is 5.73 Å². The standard InChI is InChI=1S/C16H31N3/c1-3-15(4-2)7-10-19(12-15)16(11-17)13-18-8-5-14(16)6-9-18/h14H,3-13,17H2,1-2H3. The summed E-state index contributed by atoms with van der Waals surface area (Å²) < 4.78 is 0. The largest absolute Gasteiger partial charge is 0.329 e. The Morgan fingerprint density at radius 3 is 2.16 bits per heavy atom. The normalized spacial score (nSPS) is 41.8. The second kappa shape index (κ2) is 5.01. The van der Waals surface area contributed by atoms with Crippen LogP contribution in [0.1, 0.15) is 46.0 Å². The second-order valence-electron chi connectivity index (χ2n) is 7.24. The van der Waals surface area contributed by atoms with Crippen LogP contribution in [0, 0.1) is 11.3 Å². The van der Waals surface area contributed by atoms with Gasteiger partial charge in [-0.05, 0) is 63.1 Å². The molecule has 0 spiro atoms. The summed E-state index contributed by atoms with van der Waals surface area (Å²) in [5, 5.41) is 0. The minimum Gasteiger partial charge on any atom is -0.329 e. The van der Waals surface area contributed by atoms with Gasteiger partial charge in [-0.15, -0.1) is 0 Å². The predicted octanol–water partition coefficient (Wildman–Crippen LogP) is 1.92. The van der Waals surface area contributed by atoms with Crippen LogP contribution in [0.5, 0.6) is 0 Å². The molecule has 3 nitrogen and oxygen atoms in total. The quantitative estimate of drug-likeness (QED) is 0.843. The van der Waals surface area contributed by atoms with Crippen molar-refractivity contribution in [3.63, 3.8) is 0 Å². The first-order valence-corrected chi connectivity index (χ1v) is 8.35. The zero-order valence-corrected chi connectivity index (χ0v) is 12.8. The zero-order chi connectivity index (χ0) is 13.5. The first-order valence-electron chi connectivity index (χ1n) is 8.35. The average molecular weight is 265 g/mol. The molecule has 0 aromatic carbocycles. The van der Waals surface area contributed by atoms with Crippen LogP contribution in [0.25, 0.3) is 0 Å². The third-order valence-electron chi connectivity index (χ3n) is 6.77. The minimum absolute atomic E-state index is 0.308. The molecule has 0 aromatic heterocycles. The summed E-state index contributed by atoms with van der Waals surface area (Å²) in [6.07, 6.45) is 6.79. The highest BCUT2D eigenvalue weighted by Crippen LogP contribution is 2.45. The van der Waals surface area contributed by atoms with Gasteiger partial charge in [-0.3, -0.25) is 4.90 Å². The van der Waals surface area contributed by atoms with Gasteiger partial charge in [-0.1, -0.05) is 13.8 Å². The fourth-order valence-electron chi connectivity index (χ4n) is 5.01. The van der Waals surface area contributed by atoms with E-state index in [0.717, 1.165) is 12.5 Å². The summed E-state index contributed by atoms with van der Waals surface area (Å²) in [5.41, 5.74) is 7.19. The number of hydrogen-bond donors (Lipinski definition) is 1. The lowest BCUT2D eigenvalue weighted by atomic mass is 9.71. The monoisotopic (exact) mass is 265 g/mol. The van der Waals surface area contributed by atoms with Crippen LogP contribution < -0.4 is 5.73 Å². The molecule has 4 aliphatic rings. The van der Waals surface area contributed by atoms with E-state index in [1.165, 1.54) is 64.8 Å².